The van der Waals surface area contributed by atoms with Crippen LogP contribution in [0.25, 0.3) is 0 Å². The molecule has 0 aliphatic carbocycles. The Balaban J connectivity index is 3.82. The summed E-state index contributed by atoms with van der Waals surface area (Å²) in [5.41, 5.74) is 5.36. The van der Waals surface area contributed by atoms with Crippen LogP contribution in [0.15, 0.2) is 60.8 Å². The lowest BCUT2D eigenvalue weighted by Crippen LogP contribution is -2.29. The van der Waals surface area contributed by atoms with Gasteiger partial charge in [-0.15, -0.1) is 0 Å². The highest BCUT2D eigenvalue weighted by atomic mass is 31.2. The third kappa shape index (κ3) is 49.2. The number of esters is 2. The van der Waals surface area contributed by atoms with E-state index in [0.717, 1.165) is 83.5 Å². The van der Waals surface area contributed by atoms with Crippen LogP contribution in [0, 0.1) is 0 Å². The first-order valence-corrected chi connectivity index (χ1v) is 27.8. The zero-order valence-electron chi connectivity index (χ0n) is 41.3. The number of allylic oxidation sites excluding steroid dienone is 10. The van der Waals surface area contributed by atoms with Crippen molar-refractivity contribution >= 4 is 19.8 Å². The van der Waals surface area contributed by atoms with Crippen LogP contribution in [-0.2, 0) is 32.7 Å². The number of rotatable bonds is 49. The molecule has 372 valence electrons. The molecule has 0 aromatic carbocycles. The third-order valence-electron chi connectivity index (χ3n) is 11.1. The maximum absolute atomic E-state index is 12.6. The van der Waals surface area contributed by atoms with E-state index in [-0.39, 0.29) is 32.6 Å². The highest BCUT2D eigenvalue weighted by Gasteiger charge is 2.26. The minimum absolute atomic E-state index is 0.0522. The predicted octanol–water partition coefficient (Wildman–Crippen LogP) is 16.0. The van der Waals surface area contributed by atoms with Gasteiger partial charge >= 0.3 is 19.8 Å². The van der Waals surface area contributed by atoms with Crippen molar-refractivity contribution in [3.8, 4) is 0 Å². The molecular formula is C54H98NO8P. The highest BCUT2D eigenvalue weighted by Crippen LogP contribution is 2.43. The Morgan fingerprint density at radius 2 is 0.859 bits per heavy atom. The van der Waals surface area contributed by atoms with Gasteiger partial charge in [0.2, 0.25) is 0 Å². The minimum Gasteiger partial charge on any atom is -0.462 e. The number of carbonyl (C=O) groups is 2. The number of nitrogens with two attached hydrogens (primary N) is 1. The second-order valence-electron chi connectivity index (χ2n) is 17.4. The molecule has 0 radical (unpaired) electrons. The van der Waals surface area contributed by atoms with Crippen LogP contribution in [0.3, 0.4) is 0 Å². The van der Waals surface area contributed by atoms with Crippen LogP contribution < -0.4 is 5.73 Å². The Bertz CT molecular complexity index is 1230. The van der Waals surface area contributed by atoms with E-state index in [2.05, 4.69) is 74.6 Å². The Morgan fingerprint density at radius 1 is 0.484 bits per heavy atom. The Morgan fingerprint density at radius 3 is 1.30 bits per heavy atom. The lowest BCUT2D eigenvalue weighted by Gasteiger charge is -2.19. The summed E-state index contributed by atoms with van der Waals surface area (Å²) >= 11 is 0. The molecule has 0 amide bonds. The Kier molecular flexibility index (Phi) is 48.3. The first-order valence-electron chi connectivity index (χ1n) is 26.3. The topological polar surface area (TPSA) is 134 Å². The van der Waals surface area contributed by atoms with Gasteiger partial charge in [-0.2, -0.15) is 0 Å². The lowest BCUT2D eigenvalue weighted by molar-refractivity contribution is -0.161. The molecule has 3 N–H and O–H groups in total. The van der Waals surface area contributed by atoms with E-state index in [1.807, 2.05) is 0 Å². The van der Waals surface area contributed by atoms with Crippen LogP contribution in [0.1, 0.15) is 239 Å². The largest absolute Gasteiger partial charge is 0.472 e. The summed E-state index contributed by atoms with van der Waals surface area (Å²) < 4.78 is 32.8. The quantitative estimate of drug-likeness (QED) is 0.0265. The van der Waals surface area contributed by atoms with Crippen LogP contribution >= 0.6 is 7.82 Å². The van der Waals surface area contributed by atoms with Crippen molar-refractivity contribution in [2.24, 2.45) is 5.73 Å². The normalized spacial score (nSPS) is 13.6. The summed E-state index contributed by atoms with van der Waals surface area (Å²) in [4.78, 5) is 34.9. The fourth-order valence-electron chi connectivity index (χ4n) is 7.28. The zero-order chi connectivity index (χ0) is 46.7. The van der Waals surface area contributed by atoms with Gasteiger partial charge in [0.05, 0.1) is 13.2 Å². The van der Waals surface area contributed by atoms with Gasteiger partial charge in [-0.05, 0) is 70.6 Å². The van der Waals surface area contributed by atoms with Gasteiger partial charge in [0.1, 0.15) is 6.61 Å². The van der Waals surface area contributed by atoms with Gasteiger partial charge in [-0.3, -0.25) is 18.6 Å². The SMILES string of the molecule is CC/C=C\C/C=C\C/C=C\C/C=C\CCCCCCCCCCCCCCCCCCCCCCC(=O)OC(COC(=O)CCCCCCC/C=C\CCC)COP(=O)(O)OCCN. The van der Waals surface area contributed by atoms with Crippen molar-refractivity contribution in [3.05, 3.63) is 60.8 Å². The maximum atomic E-state index is 12.6. The molecule has 0 saturated heterocycles. The van der Waals surface area contributed by atoms with Crippen LogP contribution in [0.4, 0.5) is 0 Å². The van der Waals surface area contributed by atoms with Crippen LogP contribution in [-0.4, -0.2) is 49.3 Å². The van der Waals surface area contributed by atoms with Gasteiger partial charge in [0.25, 0.3) is 0 Å². The molecule has 64 heavy (non-hydrogen) atoms. The molecule has 2 unspecified atom stereocenters. The van der Waals surface area contributed by atoms with Gasteiger partial charge < -0.3 is 20.1 Å². The van der Waals surface area contributed by atoms with E-state index in [4.69, 9.17) is 24.3 Å². The summed E-state index contributed by atoms with van der Waals surface area (Å²) in [5, 5.41) is 0. The molecule has 10 heteroatoms. The van der Waals surface area contributed by atoms with Gasteiger partial charge in [0.15, 0.2) is 6.10 Å². The van der Waals surface area contributed by atoms with E-state index >= 15 is 0 Å². The predicted molar refractivity (Wildman–Crippen MR) is 270 cm³/mol. The average molecular weight is 920 g/mol. The van der Waals surface area contributed by atoms with Crippen molar-refractivity contribution in [2.75, 3.05) is 26.4 Å². The zero-order valence-corrected chi connectivity index (χ0v) is 42.2. The van der Waals surface area contributed by atoms with Gasteiger partial charge in [-0.25, -0.2) is 4.57 Å². The fraction of sp³-hybridized carbons (Fsp3) is 0.778. The molecule has 2 atom stereocenters. The fourth-order valence-corrected chi connectivity index (χ4v) is 8.04. The Labute approximate surface area is 393 Å². The summed E-state index contributed by atoms with van der Waals surface area (Å²) in [5.74, 6) is -0.835. The summed E-state index contributed by atoms with van der Waals surface area (Å²) in [6, 6.07) is 0. The number of unbranched alkanes of at least 4 members (excludes halogenated alkanes) is 26. The number of carbonyl (C=O) groups excluding carboxylic acids is 2. The molecule has 0 aromatic heterocycles. The molecule has 0 fully saturated rings. The summed E-state index contributed by atoms with van der Waals surface area (Å²) in [6.07, 6.45) is 61.5. The standard InChI is InChI=1S/C54H98NO8P/c1-3-5-7-9-11-13-15-16-17-18-19-20-21-22-23-24-25-26-27-28-29-30-31-32-33-34-35-36-37-39-41-43-45-47-54(57)63-52(51-62-64(58,59)61-49-48-55)50-60-53(56)46-44-42-40-38-14-12-10-8-6-4-2/h5,7-8,10-11,13,16-17,19-20,52H,3-4,6,9,12,14-15,18,21-51,55H2,1-2H3,(H,58,59)/b7-5-,10-8-,13-11-,17-16-,20-19-. The monoisotopic (exact) mass is 920 g/mol. The number of phosphoric ester groups is 1. The lowest BCUT2D eigenvalue weighted by atomic mass is 10.0. The van der Waals surface area contributed by atoms with Crippen molar-refractivity contribution in [1.82, 2.24) is 0 Å². The van der Waals surface area contributed by atoms with E-state index in [1.54, 1.807) is 0 Å². The molecule has 0 aliphatic heterocycles. The van der Waals surface area contributed by atoms with Crippen LogP contribution in [0.2, 0.25) is 0 Å². The molecule has 0 saturated carbocycles. The number of hydrogen-bond donors (Lipinski definition) is 2. The van der Waals surface area contributed by atoms with E-state index in [9.17, 15) is 19.0 Å². The van der Waals surface area contributed by atoms with Gasteiger partial charge in [-0.1, -0.05) is 216 Å². The maximum Gasteiger partial charge on any atom is 0.472 e. The number of phosphoric acid groups is 1. The first kappa shape index (κ1) is 61.7. The molecule has 0 rings (SSSR count). The molecule has 0 heterocycles. The molecule has 0 aliphatic rings. The van der Waals surface area contributed by atoms with E-state index in [0.29, 0.717) is 6.42 Å². The smallest absolute Gasteiger partial charge is 0.462 e. The molecule has 0 spiro atoms. The van der Waals surface area contributed by atoms with E-state index in [1.165, 1.54) is 122 Å². The van der Waals surface area contributed by atoms with Crippen molar-refractivity contribution < 1.29 is 37.6 Å². The second kappa shape index (κ2) is 50.1. The van der Waals surface area contributed by atoms with E-state index < -0.39 is 32.5 Å². The second-order valence-corrected chi connectivity index (χ2v) is 18.8. The minimum atomic E-state index is -4.38. The van der Waals surface area contributed by atoms with Crippen molar-refractivity contribution in [3.63, 3.8) is 0 Å². The first-order chi connectivity index (χ1) is 31.3. The summed E-state index contributed by atoms with van der Waals surface area (Å²) in [7, 11) is -4.38. The van der Waals surface area contributed by atoms with Crippen LogP contribution in [0.5, 0.6) is 0 Å². The van der Waals surface area contributed by atoms with Crippen molar-refractivity contribution in [1.29, 1.82) is 0 Å². The Hall–Kier alpha value is -2.29. The molecule has 0 bridgehead atoms. The summed E-state index contributed by atoms with van der Waals surface area (Å²) in [6.45, 7) is 3.56. The number of hydrogen-bond acceptors (Lipinski definition) is 8. The van der Waals surface area contributed by atoms with Gasteiger partial charge in [0, 0.05) is 19.4 Å². The van der Waals surface area contributed by atoms with Crippen molar-refractivity contribution in [2.45, 2.75) is 245 Å². The molecule has 9 nitrogen and oxygen atoms in total. The third-order valence-corrected chi connectivity index (χ3v) is 12.1. The highest BCUT2D eigenvalue weighted by molar-refractivity contribution is 7.47. The molecular weight excluding hydrogens is 822 g/mol. The molecule has 0 aromatic rings. The number of ether oxygens (including phenoxy) is 2. The average Bonchev–Trinajstić information content (AvgIpc) is 3.28.